The zero-order valence-corrected chi connectivity index (χ0v) is 16.8. The van der Waals surface area contributed by atoms with Crippen molar-refractivity contribution >= 4 is 28.3 Å². The Morgan fingerprint density at radius 1 is 1.38 bits per heavy atom. The van der Waals surface area contributed by atoms with Gasteiger partial charge in [0.1, 0.15) is 11.8 Å². The van der Waals surface area contributed by atoms with Gasteiger partial charge in [-0.05, 0) is 24.8 Å². The predicted octanol–water partition coefficient (Wildman–Crippen LogP) is 3.90. The van der Waals surface area contributed by atoms with E-state index in [9.17, 15) is 0 Å². The number of halogens is 1. The van der Waals surface area contributed by atoms with E-state index in [0.29, 0.717) is 5.75 Å². The van der Waals surface area contributed by atoms with Gasteiger partial charge in [-0.25, -0.2) is 0 Å². The van der Waals surface area contributed by atoms with Crippen molar-refractivity contribution in [3.05, 3.63) is 57.8 Å². The van der Waals surface area contributed by atoms with Gasteiger partial charge in [-0.3, -0.25) is 0 Å². The van der Waals surface area contributed by atoms with Gasteiger partial charge in [0.15, 0.2) is 6.61 Å². The summed E-state index contributed by atoms with van der Waals surface area (Å²) in [7, 11) is 0. The summed E-state index contributed by atoms with van der Waals surface area (Å²) in [6, 6.07) is 9.62. The molecule has 3 nitrogen and oxygen atoms in total. The Labute approximate surface area is 164 Å². The molecule has 1 heterocycles. The van der Waals surface area contributed by atoms with Gasteiger partial charge in [0.25, 0.3) is 0 Å². The van der Waals surface area contributed by atoms with E-state index in [1.807, 2.05) is 36.4 Å². The molecule has 0 unspecified atom stereocenters. The largest absolute Gasteiger partial charge is 0.479 e. The molecule has 1 aromatic carbocycles. The first-order chi connectivity index (χ1) is 9.67. The number of ether oxygens (including phenoxy) is 1. The maximum absolute atomic E-state index is 8.49. The molecular weight excluding hydrogens is 452 g/mol. The summed E-state index contributed by atoms with van der Waals surface area (Å²) in [5.41, 5.74) is 3.05. The monoisotopic (exact) mass is 466 g/mol. The van der Waals surface area contributed by atoms with Crippen LogP contribution in [0.2, 0.25) is 0 Å². The number of nitrogens with zero attached hydrogens (tertiary/aromatic N) is 2. The third-order valence-electron chi connectivity index (χ3n) is 2.95. The van der Waals surface area contributed by atoms with E-state index in [1.54, 1.807) is 0 Å². The van der Waals surface area contributed by atoms with Crippen molar-refractivity contribution in [2.45, 2.75) is 6.92 Å². The molecule has 1 aliphatic heterocycles. The van der Waals surface area contributed by atoms with Crippen LogP contribution in [0, 0.1) is 17.4 Å². The second-order valence-electron chi connectivity index (χ2n) is 4.15. The number of hydrogen-bond donors (Lipinski definition) is 0. The molecule has 5 heteroatoms. The summed E-state index contributed by atoms with van der Waals surface area (Å²) in [6.45, 7) is 7.10. The molecule has 0 fully saturated rings. The molecule has 0 saturated carbocycles. The Kier molecular flexibility index (Phi) is 7.65. The fourth-order valence-electron chi connectivity index (χ4n) is 1.97. The third-order valence-corrected chi connectivity index (χ3v) is 3.89. The van der Waals surface area contributed by atoms with Crippen LogP contribution >= 0.6 is 22.6 Å². The van der Waals surface area contributed by atoms with Crippen LogP contribution < -0.4 is 4.74 Å². The van der Waals surface area contributed by atoms with Crippen LogP contribution in [-0.4, -0.2) is 18.1 Å². The molecule has 0 N–H and O–H groups in total. The molecule has 0 atom stereocenters. The second-order valence-corrected chi connectivity index (χ2v) is 5.31. The summed E-state index contributed by atoms with van der Waals surface area (Å²) < 4.78 is 6.35. The maximum atomic E-state index is 8.49. The van der Waals surface area contributed by atoms with E-state index in [-0.39, 0.29) is 39.3 Å². The molecule has 2 rings (SSSR count). The van der Waals surface area contributed by atoms with Crippen molar-refractivity contribution in [3.8, 4) is 11.8 Å². The van der Waals surface area contributed by atoms with Crippen LogP contribution in [0.15, 0.2) is 46.2 Å². The molecule has 0 amide bonds. The smallest absolute Gasteiger partial charge is 0.174 e. The van der Waals surface area contributed by atoms with Gasteiger partial charge in [-0.15, -0.1) is 34.7 Å². The molecule has 21 heavy (non-hydrogen) atoms. The van der Waals surface area contributed by atoms with Crippen molar-refractivity contribution in [2.75, 3.05) is 13.2 Å². The van der Waals surface area contributed by atoms with Crippen LogP contribution in [0.4, 0.5) is 0 Å². The van der Waals surface area contributed by atoms with Crippen molar-refractivity contribution < 1.29 is 37.4 Å². The summed E-state index contributed by atoms with van der Waals surface area (Å²) in [5, 5.41) is 8.49. The van der Waals surface area contributed by atoms with E-state index >= 15 is 0 Å². The molecule has 0 aromatic heterocycles. The molecule has 1 aromatic rings. The molecule has 105 valence electrons. The number of rotatable bonds is 4. The molecular formula is C16H14IN2OY-. The second kappa shape index (κ2) is 8.72. The van der Waals surface area contributed by atoms with Gasteiger partial charge in [-0.2, -0.15) is 17.4 Å². The Morgan fingerprint density at radius 2 is 2.05 bits per heavy atom. The zero-order valence-electron chi connectivity index (χ0n) is 11.8. The predicted molar refractivity (Wildman–Crippen MR) is 87.8 cm³/mol. The number of allylic oxidation sites excluding steroid dienone is 3. The fraction of sp³-hybridized carbons (Fsp3) is 0.188. The van der Waals surface area contributed by atoms with E-state index in [2.05, 4.69) is 47.1 Å². The fourth-order valence-corrected chi connectivity index (χ4v) is 2.42. The quantitative estimate of drug-likeness (QED) is 0.499. The first-order valence-corrected chi connectivity index (χ1v) is 7.31. The van der Waals surface area contributed by atoms with Crippen molar-refractivity contribution in [2.24, 2.45) is 0 Å². The standard InChI is InChI=1S/C16H14IN2O.Y/c1-3-19-12(2)15(17)8-9-16(19)13-4-6-14(7-5-13)20-11-10-18;/h4-8H,2-3,11H2,1H3;/q-1;. The normalized spacial score (nSPS) is 13.8. The minimum Gasteiger partial charge on any atom is -0.479 e. The van der Waals surface area contributed by atoms with Crippen LogP contribution in [-0.2, 0) is 32.7 Å². The summed E-state index contributed by atoms with van der Waals surface area (Å²) >= 11 is 2.26. The van der Waals surface area contributed by atoms with Gasteiger partial charge in [0.2, 0.25) is 0 Å². The Bertz CT molecular complexity index is 614. The van der Waals surface area contributed by atoms with Gasteiger partial charge in [0.05, 0.1) is 0 Å². The number of hydrogen-bond acceptors (Lipinski definition) is 3. The molecule has 0 saturated heterocycles. The van der Waals surface area contributed by atoms with Crippen molar-refractivity contribution in [1.29, 1.82) is 5.26 Å². The van der Waals surface area contributed by atoms with Gasteiger partial charge in [-0.1, -0.05) is 21.4 Å². The van der Waals surface area contributed by atoms with Crippen LogP contribution in [0.1, 0.15) is 12.5 Å². The zero-order chi connectivity index (χ0) is 14.5. The van der Waals surface area contributed by atoms with Gasteiger partial charge >= 0.3 is 0 Å². The minimum atomic E-state index is 0. The first-order valence-electron chi connectivity index (χ1n) is 6.23. The van der Waals surface area contributed by atoms with Gasteiger partial charge in [0, 0.05) is 39.3 Å². The Balaban J connectivity index is 0.00000220. The van der Waals surface area contributed by atoms with E-state index in [0.717, 1.165) is 27.1 Å². The first kappa shape index (κ1) is 18.4. The summed E-state index contributed by atoms with van der Waals surface area (Å²) in [5.74, 6) is 0.693. The Hall–Kier alpha value is -0.636. The molecule has 1 radical (unpaired) electrons. The maximum Gasteiger partial charge on any atom is 0.174 e. The number of benzene rings is 1. The van der Waals surface area contributed by atoms with Crippen LogP contribution in [0.25, 0.3) is 5.70 Å². The van der Waals surface area contributed by atoms with Crippen molar-refractivity contribution in [3.63, 3.8) is 0 Å². The number of likely N-dealkylation sites (N-methyl/N-ethyl adjacent to an activating group) is 1. The van der Waals surface area contributed by atoms with Crippen LogP contribution in [0.3, 0.4) is 0 Å². The molecule has 0 aliphatic carbocycles. The summed E-state index contributed by atoms with van der Waals surface area (Å²) in [4.78, 5) is 2.13. The van der Waals surface area contributed by atoms with E-state index < -0.39 is 0 Å². The Morgan fingerprint density at radius 3 is 2.62 bits per heavy atom. The van der Waals surface area contributed by atoms with Crippen molar-refractivity contribution in [1.82, 2.24) is 4.90 Å². The minimum absolute atomic E-state index is 0. The van der Waals surface area contributed by atoms with E-state index in [4.69, 9.17) is 10.00 Å². The molecule has 0 bridgehead atoms. The number of nitriles is 1. The third kappa shape index (κ3) is 4.42. The van der Waals surface area contributed by atoms with E-state index in [1.165, 1.54) is 0 Å². The molecule has 1 aliphatic rings. The van der Waals surface area contributed by atoms with Crippen LogP contribution in [0.5, 0.6) is 5.75 Å². The SMILES string of the molecule is C=C1C(I)=C[C-]=C(c2ccc(OCC#N)cc2)N1CC.[Y]. The summed E-state index contributed by atoms with van der Waals surface area (Å²) in [6.07, 6.45) is 5.25. The average molecular weight is 466 g/mol. The van der Waals surface area contributed by atoms with Gasteiger partial charge < -0.3 is 9.64 Å². The molecule has 0 spiro atoms. The topological polar surface area (TPSA) is 36.3 Å². The average Bonchev–Trinajstić information content (AvgIpc) is 2.48.